The first kappa shape index (κ1) is 13.5. The Morgan fingerprint density at radius 2 is 2.22 bits per heavy atom. The maximum atomic E-state index is 11.2. The first-order valence-electron chi connectivity index (χ1n) is 6.39. The van der Waals surface area contributed by atoms with Crippen molar-refractivity contribution < 1.29 is 9.59 Å². The Balaban J connectivity index is 1.60. The number of hydrazine groups is 1. The third-order valence-corrected chi connectivity index (χ3v) is 5.00. The van der Waals surface area contributed by atoms with E-state index in [4.69, 9.17) is 5.84 Å². The van der Waals surface area contributed by atoms with E-state index in [0.717, 1.165) is 31.4 Å². The van der Waals surface area contributed by atoms with Crippen molar-refractivity contribution in [2.24, 2.45) is 5.84 Å². The lowest BCUT2D eigenvalue weighted by atomic mass is 10.0. The molecular weight excluding hydrogens is 252 g/mol. The Hall–Kier alpha value is -0.950. The molecule has 2 rings (SSSR count). The molecule has 3 atom stereocenters. The second kappa shape index (κ2) is 6.29. The monoisotopic (exact) mass is 272 g/mol. The van der Waals surface area contributed by atoms with Crippen LogP contribution in [0.5, 0.6) is 0 Å². The molecule has 2 saturated heterocycles. The number of nitrogens with one attached hydrogen (secondary N) is 3. The van der Waals surface area contributed by atoms with Crippen LogP contribution in [-0.4, -0.2) is 35.0 Å². The summed E-state index contributed by atoms with van der Waals surface area (Å²) < 4.78 is 0. The van der Waals surface area contributed by atoms with Gasteiger partial charge in [-0.3, -0.25) is 10.2 Å². The number of carbonyl (C=O) groups excluding carboxylic acids is 2. The summed E-state index contributed by atoms with van der Waals surface area (Å²) in [6.07, 6.45) is 4.59. The molecular formula is C11H20N4O2S. The molecule has 0 aliphatic carbocycles. The zero-order valence-electron chi connectivity index (χ0n) is 10.3. The summed E-state index contributed by atoms with van der Waals surface area (Å²) in [5.74, 6) is 5.91. The Morgan fingerprint density at radius 3 is 3.00 bits per heavy atom. The van der Waals surface area contributed by atoms with E-state index >= 15 is 0 Å². The summed E-state index contributed by atoms with van der Waals surface area (Å²) in [5.41, 5.74) is 2.13. The topological polar surface area (TPSA) is 96.2 Å². The summed E-state index contributed by atoms with van der Waals surface area (Å²) >= 11 is 1.93. The molecule has 2 aliphatic rings. The number of urea groups is 1. The first-order chi connectivity index (χ1) is 8.70. The number of hydrogen-bond acceptors (Lipinski definition) is 4. The molecule has 0 radical (unpaired) electrons. The van der Waals surface area contributed by atoms with Crippen molar-refractivity contribution in [2.45, 2.75) is 49.4 Å². The van der Waals surface area contributed by atoms with Crippen molar-refractivity contribution >= 4 is 23.7 Å². The average Bonchev–Trinajstić information content (AvgIpc) is 2.88. The van der Waals surface area contributed by atoms with Crippen molar-refractivity contribution in [3.8, 4) is 0 Å². The maximum Gasteiger partial charge on any atom is 0.315 e. The van der Waals surface area contributed by atoms with Gasteiger partial charge in [0.05, 0.1) is 12.1 Å². The van der Waals surface area contributed by atoms with E-state index in [2.05, 4.69) is 16.1 Å². The van der Waals surface area contributed by atoms with E-state index in [1.165, 1.54) is 0 Å². The lowest BCUT2D eigenvalue weighted by Crippen LogP contribution is -2.36. The van der Waals surface area contributed by atoms with Gasteiger partial charge < -0.3 is 10.6 Å². The lowest BCUT2D eigenvalue weighted by Gasteiger charge is -2.16. The van der Waals surface area contributed by atoms with Gasteiger partial charge in [-0.1, -0.05) is 12.8 Å². The van der Waals surface area contributed by atoms with Crippen LogP contribution < -0.4 is 21.9 Å². The standard InChI is InChI=1S/C11H20N4O2S/c12-15-9(16)5-3-1-2-4-8-10-7(6-18-8)13-11(17)14-10/h7-8,10H,1-6,12H2,(H,15,16)(H2,13,14,17)/t7-,8-,10-/m0/s1. The van der Waals surface area contributed by atoms with Gasteiger partial charge in [-0.2, -0.15) is 11.8 Å². The molecule has 0 aromatic rings. The van der Waals surface area contributed by atoms with Crippen LogP contribution in [-0.2, 0) is 4.79 Å². The van der Waals surface area contributed by atoms with Crippen molar-refractivity contribution in [2.75, 3.05) is 5.75 Å². The molecule has 2 fully saturated rings. The molecule has 18 heavy (non-hydrogen) atoms. The molecule has 3 amide bonds. The molecule has 0 bridgehead atoms. The fraction of sp³-hybridized carbons (Fsp3) is 0.818. The third-order valence-electron chi connectivity index (χ3n) is 3.49. The van der Waals surface area contributed by atoms with E-state index in [-0.39, 0.29) is 18.0 Å². The minimum Gasteiger partial charge on any atom is -0.332 e. The fourth-order valence-electron chi connectivity index (χ4n) is 2.52. The van der Waals surface area contributed by atoms with Gasteiger partial charge in [-0.05, 0) is 12.8 Å². The molecule has 0 spiro atoms. The lowest BCUT2D eigenvalue weighted by molar-refractivity contribution is -0.121. The van der Waals surface area contributed by atoms with Crippen LogP contribution in [0.3, 0.4) is 0 Å². The Kier molecular flexibility index (Phi) is 4.71. The van der Waals surface area contributed by atoms with Crippen LogP contribution in [0, 0.1) is 0 Å². The van der Waals surface area contributed by atoms with E-state index in [1.54, 1.807) is 0 Å². The van der Waals surface area contributed by atoms with E-state index in [0.29, 0.717) is 17.7 Å². The highest BCUT2D eigenvalue weighted by Gasteiger charge is 2.42. The molecule has 102 valence electrons. The van der Waals surface area contributed by atoms with Crippen LogP contribution in [0.2, 0.25) is 0 Å². The quantitative estimate of drug-likeness (QED) is 0.181. The minimum absolute atomic E-state index is 0.0325. The fourth-order valence-corrected chi connectivity index (χ4v) is 4.07. The number of hydrogen-bond donors (Lipinski definition) is 4. The molecule has 0 aromatic heterocycles. The third kappa shape index (κ3) is 3.29. The normalized spacial score (nSPS) is 29.6. The molecule has 0 aromatic carbocycles. The van der Waals surface area contributed by atoms with Crippen LogP contribution in [0.1, 0.15) is 32.1 Å². The molecule has 6 nitrogen and oxygen atoms in total. The van der Waals surface area contributed by atoms with Gasteiger partial charge in [0.1, 0.15) is 0 Å². The highest BCUT2D eigenvalue weighted by Crippen LogP contribution is 2.33. The van der Waals surface area contributed by atoms with Crippen LogP contribution in [0.4, 0.5) is 4.79 Å². The van der Waals surface area contributed by atoms with E-state index in [9.17, 15) is 9.59 Å². The molecule has 0 unspecified atom stereocenters. The predicted octanol–water partition coefficient (Wildman–Crippen LogP) is 0.0922. The first-order valence-corrected chi connectivity index (χ1v) is 7.43. The zero-order valence-corrected chi connectivity index (χ0v) is 11.1. The Labute approximate surface area is 111 Å². The molecule has 5 N–H and O–H groups in total. The van der Waals surface area contributed by atoms with Crippen LogP contribution in [0.15, 0.2) is 0 Å². The van der Waals surface area contributed by atoms with Gasteiger partial charge in [0, 0.05) is 17.4 Å². The number of nitrogens with two attached hydrogens (primary N) is 1. The van der Waals surface area contributed by atoms with Crippen molar-refractivity contribution in [1.29, 1.82) is 0 Å². The molecule has 2 aliphatic heterocycles. The average molecular weight is 272 g/mol. The Bertz CT molecular complexity index is 326. The minimum atomic E-state index is -0.0995. The highest BCUT2D eigenvalue weighted by molar-refractivity contribution is 8.00. The molecule has 7 heteroatoms. The number of amides is 3. The molecule has 0 saturated carbocycles. The summed E-state index contributed by atoms with van der Waals surface area (Å²) in [4.78, 5) is 22.1. The van der Waals surface area contributed by atoms with E-state index in [1.807, 2.05) is 11.8 Å². The predicted molar refractivity (Wildman–Crippen MR) is 70.9 cm³/mol. The summed E-state index contributed by atoms with van der Waals surface area (Å²) in [7, 11) is 0. The maximum absolute atomic E-state index is 11.2. The second-order valence-electron chi connectivity index (χ2n) is 4.79. The number of unbranched alkanes of at least 4 members (excludes halogenated alkanes) is 2. The number of thioether (sulfide) groups is 1. The van der Waals surface area contributed by atoms with Crippen molar-refractivity contribution in [1.82, 2.24) is 16.1 Å². The van der Waals surface area contributed by atoms with Crippen molar-refractivity contribution in [3.63, 3.8) is 0 Å². The van der Waals surface area contributed by atoms with Gasteiger partial charge in [0.2, 0.25) is 5.91 Å². The van der Waals surface area contributed by atoms with Crippen LogP contribution >= 0.6 is 11.8 Å². The SMILES string of the molecule is NNC(=O)CCCCC[C@@H]1SC[C@@H]2NC(=O)N[C@@H]21. The number of carbonyl (C=O) groups is 2. The Morgan fingerprint density at radius 1 is 1.39 bits per heavy atom. The van der Waals surface area contributed by atoms with E-state index < -0.39 is 0 Å². The second-order valence-corrected chi connectivity index (χ2v) is 6.06. The van der Waals surface area contributed by atoms with Gasteiger partial charge in [-0.25, -0.2) is 10.6 Å². The molecule has 2 heterocycles. The summed E-state index contributed by atoms with van der Waals surface area (Å²) in [6, 6.07) is 0.556. The summed E-state index contributed by atoms with van der Waals surface area (Å²) in [6.45, 7) is 0. The highest BCUT2D eigenvalue weighted by atomic mass is 32.2. The van der Waals surface area contributed by atoms with Gasteiger partial charge in [0.25, 0.3) is 0 Å². The zero-order chi connectivity index (χ0) is 13.0. The largest absolute Gasteiger partial charge is 0.332 e. The smallest absolute Gasteiger partial charge is 0.315 e. The number of fused-ring (bicyclic) bond motifs is 1. The summed E-state index contributed by atoms with van der Waals surface area (Å²) in [5, 5.41) is 6.43. The van der Waals surface area contributed by atoms with Gasteiger partial charge in [0.15, 0.2) is 0 Å². The van der Waals surface area contributed by atoms with Crippen LogP contribution in [0.25, 0.3) is 0 Å². The number of rotatable bonds is 6. The van der Waals surface area contributed by atoms with Gasteiger partial charge >= 0.3 is 6.03 Å². The van der Waals surface area contributed by atoms with Crippen molar-refractivity contribution in [3.05, 3.63) is 0 Å². The van der Waals surface area contributed by atoms with Gasteiger partial charge in [-0.15, -0.1) is 0 Å².